The minimum Gasteiger partial charge on any atom is -0.348 e. The molecule has 0 atom stereocenters. The molecule has 4 nitrogen and oxygen atoms in total. The molecule has 0 bridgehead atoms. The number of aromatic nitrogens is 4. The normalized spacial score (nSPS) is 12.9. The van der Waals surface area contributed by atoms with Crippen molar-refractivity contribution >= 4 is 0 Å². The molecule has 0 amide bonds. The molecule has 2 aromatic rings. The summed E-state index contributed by atoms with van der Waals surface area (Å²) in [7, 11) is 0. The molecule has 18 heavy (non-hydrogen) atoms. The predicted molar refractivity (Wildman–Crippen MR) is 72.6 cm³/mol. The van der Waals surface area contributed by atoms with Crippen molar-refractivity contribution in [2.24, 2.45) is 0 Å². The summed E-state index contributed by atoms with van der Waals surface area (Å²) in [6, 6.07) is 0. The third-order valence-corrected chi connectivity index (χ3v) is 3.24. The molecule has 98 valence electrons. The molecular formula is C14H22N4. The highest BCUT2D eigenvalue weighted by Gasteiger charge is 2.25. The predicted octanol–water partition coefficient (Wildman–Crippen LogP) is 2.95. The molecule has 0 saturated carbocycles. The van der Waals surface area contributed by atoms with E-state index in [2.05, 4.69) is 49.8 Å². The second-order valence-electron chi connectivity index (χ2n) is 6.54. The second-order valence-corrected chi connectivity index (χ2v) is 6.54. The molecule has 2 N–H and O–H groups in total. The van der Waals surface area contributed by atoms with Crippen molar-refractivity contribution in [1.82, 2.24) is 20.2 Å². The van der Waals surface area contributed by atoms with Crippen LogP contribution in [0.4, 0.5) is 0 Å². The van der Waals surface area contributed by atoms with Gasteiger partial charge in [-0.2, -0.15) is 5.10 Å². The van der Waals surface area contributed by atoms with E-state index < -0.39 is 0 Å². The maximum atomic E-state index is 4.69. The summed E-state index contributed by atoms with van der Waals surface area (Å²) in [5, 5.41) is 6.89. The molecule has 4 heteroatoms. The Kier molecular flexibility index (Phi) is 3.05. The third-order valence-electron chi connectivity index (χ3n) is 3.24. The van der Waals surface area contributed by atoms with Crippen LogP contribution in [0, 0.1) is 0 Å². The molecule has 0 aliphatic heterocycles. The smallest absolute Gasteiger partial charge is 0.111 e. The van der Waals surface area contributed by atoms with Gasteiger partial charge in [-0.15, -0.1) is 0 Å². The maximum Gasteiger partial charge on any atom is 0.111 e. The first-order chi connectivity index (χ1) is 8.29. The lowest BCUT2D eigenvalue weighted by Gasteiger charge is -2.22. The largest absolute Gasteiger partial charge is 0.348 e. The molecule has 0 fully saturated rings. The fraction of sp³-hybridized carbons (Fsp3) is 0.571. The highest BCUT2D eigenvalue weighted by atomic mass is 15.1. The number of hydrogen-bond donors (Lipinski definition) is 2. The molecule has 2 rings (SSSR count). The van der Waals surface area contributed by atoms with Gasteiger partial charge >= 0.3 is 0 Å². The summed E-state index contributed by atoms with van der Waals surface area (Å²) in [4.78, 5) is 7.97. The summed E-state index contributed by atoms with van der Waals surface area (Å²) >= 11 is 0. The third kappa shape index (κ3) is 2.63. The zero-order chi connectivity index (χ0) is 13.4. The standard InChI is InChI=1S/C14H22N4/c1-13(2,3)12-15-9-11(18-12)6-14(4,5)10-7-16-17-8-10/h7-9H,6H2,1-5H3,(H,15,18)(H,16,17). The Labute approximate surface area is 108 Å². The first kappa shape index (κ1) is 12.9. The van der Waals surface area contributed by atoms with Gasteiger partial charge in [-0.1, -0.05) is 34.6 Å². The van der Waals surface area contributed by atoms with Gasteiger partial charge in [0, 0.05) is 24.2 Å². The summed E-state index contributed by atoms with van der Waals surface area (Å²) in [6.07, 6.45) is 6.76. The molecule has 2 heterocycles. The zero-order valence-electron chi connectivity index (χ0n) is 11.8. The van der Waals surface area contributed by atoms with E-state index in [1.54, 1.807) is 0 Å². The molecular weight excluding hydrogens is 224 g/mol. The Morgan fingerprint density at radius 3 is 2.33 bits per heavy atom. The van der Waals surface area contributed by atoms with Crippen LogP contribution in [-0.4, -0.2) is 20.2 Å². The van der Waals surface area contributed by atoms with Crippen LogP contribution in [0.3, 0.4) is 0 Å². The molecule has 0 aromatic carbocycles. The van der Waals surface area contributed by atoms with Crippen LogP contribution in [0.15, 0.2) is 18.6 Å². The summed E-state index contributed by atoms with van der Waals surface area (Å²) in [6.45, 7) is 10.9. The fourth-order valence-electron chi connectivity index (χ4n) is 2.01. The van der Waals surface area contributed by atoms with Gasteiger partial charge in [-0.25, -0.2) is 4.98 Å². The number of nitrogens with zero attached hydrogens (tertiary/aromatic N) is 2. The molecule has 0 unspecified atom stereocenters. The van der Waals surface area contributed by atoms with Crippen LogP contribution in [0.2, 0.25) is 0 Å². The number of hydrogen-bond acceptors (Lipinski definition) is 2. The van der Waals surface area contributed by atoms with Gasteiger partial charge in [-0.05, 0) is 11.0 Å². The Bertz CT molecular complexity index is 500. The summed E-state index contributed by atoms with van der Waals surface area (Å²) in [5.41, 5.74) is 2.42. The highest BCUT2D eigenvalue weighted by molar-refractivity contribution is 5.20. The van der Waals surface area contributed by atoms with E-state index in [-0.39, 0.29) is 10.8 Å². The summed E-state index contributed by atoms with van der Waals surface area (Å²) < 4.78 is 0. The van der Waals surface area contributed by atoms with Crippen LogP contribution in [-0.2, 0) is 17.3 Å². The lowest BCUT2D eigenvalue weighted by Crippen LogP contribution is -2.20. The number of rotatable bonds is 3. The van der Waals surface area contributed by atoms with Gasteiger partial charge in [-0.3, -0.25) is 5.10 Å². The maximum absolute atomic E-state index is 4.69. The van der Waals surface area contributed by atoms with Crippen molar-refractivity contribution < 1.29 is 0 Å². The Morgan fingerprint density at radius 1 is 1.11 bits per heavy atom. The van der Waals surface area contributed by atoms with Gasteiger partial charge < -0.3 is 4.98 Å². The first-order valence-corrected chi connectivity index (χ1v) is 6.33. The number of aromatic amines is 2. The minimum atomic E-state index is 0.0390. The lowest BCUT2D eigenvalue weighted by molar-refractivity contribution is 0.510. The zero-order valence-corrected chi connectivity index (χ0v) is 11.8. The first-order valence-electron chi connectivity index (χ1n) is 6.33. The van der Waals surface area contributed by atoms with E-state index in [0.29, 0.717) is 0 Å². The molecule has 0 aliphatic carbocycles. The lowest BCUT2D eigenvalue weighted by atomic mass is 9.82. The van der Waals surface area contributed by atoms with Crippen LogP contribution < -0.4 is 0 Å². The van der Waals surface area contributed by atoms with Gasteiger partial charge in [0.05, 0.1) is 11.9 Å². The van der Waals surface area contributed by atoms with Gasteiger partial charge in [0.1, 0.15) is 5.82 Å². The van der Waals surface area contributed by atoms with Crippen molar-refractivity contribution in [1.29, 1.82) is 0 Å². The number of nitrogens with one attached hydrogen (secondary N) is 2. The topological polar surface area (TPSA) is 57.4 Å². The van der Waals surface area contributed by atoms with Crippen molar-refractivity contribution in [2.75, 3.05) is 0 Å². The number of H-pyrrole nitrogens is 2. The van der Waals surface area contributed by atoms with Gasteiger partial charge in [0.25, 0.3) is 0 Å². The summed E-state index contributed by atoms with van der Waals surface area (Å²) in [5.74, 6) is 1.04. The SMILES string of the molecule is CC(C)(C)c1nc(CC(C)(C)c2cn[nH]c2)c[nH]1. The number of imidazole rings is 1. The van der Waals surface area contributed by atoms with E-state index >= 15 is 0 Å². The van der Waals surface area contributed by atoms with E-state index in [0.717, 1.165) is 17.9 Å². The van der Waals surface area contributed by atoms with E-state index in [1.165, 1.54) is 5.56 Å². The van der Waals surface area contributed by atoms with E-state index in [9.17, 15) is 0 Å². The van der Waals surface area contributed by atoms with Crippen LogP contribution in [0.25, 0.3) is 0 Å². The van der Waals surface area contributed by atoms with Crippen LogP contribution in [0.1, 0.15) is 51.7 Å². The molecule has 2 aromatic heterocycles. The van der Waals surface area contributed by atoms with Crippen molar-refractivity contribution in [3.8, 4) is 0 Å². The van der Waals surface area contributed by atoms with Gasteiger partial charge in [0.2, 0.25) is 0 Å². The highest BCUT2D eigenvalue weighted by Crippen LogP contribution is 2.27. The average molecular weight is 246 g/mol. The Balaban J connectivity index is 2.17. The fourth-order valence-corrected chi connectivity index (χ4v) is 2.01. The van der Waals surface area contributed by atoms with E-state index in [4.69, 9.17) is 4.98 Å². The quantitative estimate of drug-likeness (QED) is 0.874. The minimum absolute atomic E-state index is 0.0390. The monoisotopic (exact) mass is 246 g/mol. The van der Waals surface area contributed by atoms with Crippen LogP contribution in [0.5, 0.6) is 0 Å². The van der Waals surface area contributed by atoms with Crippen molar-refractivity contribution in [2.45, 2.75) is 51.9 Å². The second kappa shape index (κ2) is 4.26. The molecule has 0 spiro atoms. The van der Waals surface area contributed by atoms with Crippen molar-refractivity contribution in [3.05, 3.63) is 35.7 Å². The molecule has 0 saturated heterocycles. The molecule has 0 radical (unpaired) electrons. The Morgan fingerprint density at radius 2 is 1.83 bits per heavy atom. The van der Waals surface area contributed by atoms with E-state index in [1.807, 2.05) is 18.6 Å². The Hall–Kier alpha value is -1.58. The molecule has 0 aliphatic rings. The average Bonchev–Trinajstić information content (AvgIpc) is 2.83. The van der Waals surface area contributed by atoms with Gasteiger partial charge in [0.15, 0.2) is 0 Å². The van der Waals surface area contributed by atoms with Crippen molar-refractivity contribution in [3.63, 3.8) is 0 Å². The van der Waals surface area contributed by atoms with Crippen LogP contribution >= 0.6 is 0 Å².